The lowest BCUT2D eigenvalue weighted by atomic mass is 10.2. The summed E-state index contributed by atoms with van der Waals surface area (Å²) in [5.41, 5.74) is 2.90. The van der Waals surface area contributed by atoms with Gasteiger partial charge in [-0.3, -0.25) is 4.79 Å². The third-order valence-corrected chi connectivity index (χ3v) is 4.65. The molecular weight excluding hydrogens is 332 g/mol. The second kappa shape index (κ2) is 8.44. The van der Waals surface area contributed by atoms with Crippen LogP contribution in [0.2, 0.25) is 0 Å². The molecule has 0 unspecified atom stereocenters. The van der Waals surface area contributed by atoms with Crippen molar-refractivity contribution < 1.29 is 9.53 Å². The molecule has 25 heavy (non-hydrogen) atoms. The van der Waals surface area contributed by atoms with Crippen molar-refractivity contribution >= 4 is 22.9 Å². The first-order valence-electron chi connectivity index (χ1n) is 8.17. The van der Waals surface area contributed by atoms with Crippen molar-refractivity contribution in [1.29, 1.82) is 0 Å². The number of benzene rings is 2. The first-order valence-corrected chi connectivity index (χ1v) is 9.05. The van der Waals surface area contributed by atoms with Gasteiger partial charge < -0.3 is 10.1 Å². The van der Waals surface area contributed by atoms with Gasteiger partial charge in [-0.2, -0.15) is 0 Å². The van der Waals surface area contributed by atoms with Crippen molar-refractivity contribution in [2.45, 2.75) is 26.4 Å². The molecule has 3 aromatic rings. The second-order valence-corrected chi connectivity index (χ2v) is 6.67. The van der Waals surface area contributed by atoms with E-state index in [2.05, 4.69) is 10.3 Å². The van der Waals surface area contributed by atoms with Gasteiger partial charge in [0.25, 0.3) is 0 Å². The van der Waals surface area contributed by atoms with Gasteiger partial charge in [-0.15, -0.1) is 11.3 Å². The lowest BCUT2D eigenvalue weighted by Gasteiger charge is -2.08. The van der Waals surface area contributed by atoms with E-state index < -0.39 is 0 Å². The van der Waals surface area contributed by atoms with Gasteiger partial charge >= 0.3 is 0 Å². The zero-order valence-electron chi connectivity index (χ0n) is 14.1. The predicted octanol–water partition coefficient (Wildman–Crippen LogP) is 4.60. The fourth-order valence-electron chi connectivity index (χ4n) is 2.34. The van der Waals surface area contributed by atoms with Crippen molar-refractivity contribution in [2.75, 3.05) is 5.32 Å². The number of hydrogen-bond donors (Lipinski definition) is 1. The van der Waals surface area contributed by atoms with Gasteiger partial charge in [0.1, 0.15) is 12.4 Å². The van der Waals surface area contributed by atoms with Crippen LogP contribution in [0.4, 0.5) is 5.69 Å². The Hall–Kier alpha value is -2.66. The molecule has 5 heteroatoms. The first kappa shape index (κ1) is 17.2. The predicted molar refractivity (Wildman–Crippen MR) is 101 cm³/mol. The van der Waals surface area contributed by atoms with Gasteiger partial charge in [0, 0.05) is 29.6 Å². The Morgan fingerprint density at radius 3 is 2.56 bits per heavy atom. The Morgan fingerprint density at radius 2 is 1.88 bits per heavy atom. The van der Waals surface area contributed by atoms with Crippen LogP contribution in [0, 0.1) is 6.92 Å². The highest BCUT2D eigenvalue weighted by atomic mass is 32.1. The number of carbonyl (C=O) groups excluding carboxylic acids is 1. The topological polar surface area (TPSA) is 51.2 Å². The number of amides is 1. The molecule has 0 bridgehead atoms. The van der Waals surface area contributed by atoms with Gasteiger partial charge in [0.15, 0.2) is 0 Å². The van der Waals surface area contributed by atoms with E-state index in [0.29, 0.717) is 19.4 Å². The third-order valence-electron chi connectivity index (χ3n) is 3.62. The molecule has 0 saturated heterocycles. The summed E-state index contributed by atoms with van der Waals surface area (Å²) in [6, 6.07) is 17.4. The zero-order valence-corrected chi connectivity index (χ0v) is 14.9. The minimum absolute atomic E-state index is 0.00851. The van der Waals surface area contributed by atoms with Crippen molar-refractivity contribution in [2.24, 2.45) is 0 Å². The Morgan fingerprint density at radius 1 is 1.12 bits per heavy atom. The summed E-state index contributed by atoms with van der Waals surface area (Å²) in [6.45, 7) is 2.49. The Bertz CT molecular complexity index is 813. The van der Waals surface area contributed by atoms with Gasteiger partial charge in [0.2, 0.25) is 5.91 Å². The Balaban J connectivity index is 1.46. The average molecular weight is 352 g/mol. The molecule has 2 aromatic carbocycles. The van der Waals surface area contributed by atoms with Crippen LogP contribution >= 0.6 is 11.3 Å². The molecule has 0 spiro atoms. The van der Waals surface area contributed by atoms with Crippen LogP contribution in [-0.4, -0.2) is 10.9 Å². The van der Waals surface area contributed by atoms with E-state index in [9.17, 15) is 4.79 Å². The van der Waals surface area contributed by atoms with E-state index in [-0.39, 0.29) is 5.91 Å². The zero-order chi connectivity index (χ0) is 17.5. The lowest BCUT2D eigenvalue weighted by Crippen LogP contribution is -2.12. The smallest absolute Gasteiger partial charge is 0.224 e. The van der Waals surface area contributed by atoms with Crippen molar-refractivity contribution in [3.05, 3.63) is 76.2 Å². The maximum absolute atomic E-state index is 12.0. The van der Waals surface area contributed by atoms with Crippen LogP contribution in [0.5, 0.6) is 5.75 Å². The summed E-state index contributed by atoms with van der Waals surface area (Å²) in [7, 11) is 0. The molecule has 0 saturated carbocycles. The second-order valence-electron chi connectivity index (χ2n) is 5.73. The number of hydrogen-bond acceptors (Lipinski definition) is 4. The number of rotatable bonds is 7. The van der Waals surface area contributed by atoms with Gasteiger partial charge in [0.05, 0.1) is 5.01 Å². The van der Waals surface area contributed by atoms with E-state index in [4.69, 9.17) is 4.74 Å². The average Bonchev–Trinajstić information content (AvgIpc) is 3.06. The molecule has 1 heterocycles. The van der Waals surface area contributed by atoms with Crippen LogP contribution < -0.4 is 10.1 Å². The quantitative estimate of drug-likeness (QED) is 0.676. The SMILES string of the molecule is Cc1csc(CCC(=O)Nc2ccc(OCc3ccccc3)cc2)n1. The molecule has 0 radical (unpaired) electrons. The van der Waals surface area contributed by atoms with Gasteiger partial charge in [-0.05, 0) is 36.8 Å². The standard InChI is InChI=1S/C20H20N2O2S/c1-15-14-25-20(21-15)12-11-19(23)22-17-7-9-18(10-8-17)24-13-16-5-3-2-4-6-16/h2-10,14H,11-13H2,1H3,(H,22,23). The molecule has 1 N–H and O–H groups in total. The summed E-state index contributed by atoms with van der Waals surface area (Å²) < 4.78 is 5.74. The maximum atomic E-state index is 12.0. The Kier molecular flexibility index (Phi) is 5.80. The minimum Gasteiger partial charge on any atom is -0.489 e. The maximum Gasteiger partial charge on any atom is 0.224 e. The van der Waals surface area contributed by atoms with E-state index in [1.54, 1.807) is 11.3 Å². The third kappa shape index (κ3) is 5.43. The van der Waals surface area contributed by atoms with Crippen molar-refractivity contribution in [1.82, 2.24) is 4.98 Å². The van der Waals surface area contributed by atoms with E-state index in [1.165, 1.54) is 0 Å². The normalized spacial score (nSPS) is 10.4. The van der Waals surface area contributed by atoms with Crippen LogP contribution in [0.3, 0.4) is 0 Å². The van der Waals surface area contributed by atoms with Gasteiger partial charge in [-0.25, -0.2) is 4.98 Å². The van der Waals surface area contributed by atoms with Crippen LogP contribution in [0.1, 0.15) is 22.7 Å². The van der Waals surface area contributed by atoms with E-state index in [1.807, 2.05) is 66.9 Å². The number of anilines is 1. The van der Waals surface area contributed by atoms with Crippen molar-refractivity contribution in [3.63, 3.8) is 0 Å². The van der Waals surface area contributed by atoms with Crippen LogP contribution in [0.15, 0.2) is 60.0 Å². The highest BCUT2D eigenvalue weighted by Crippen LogP contribution is 2.18. The minimum atomic E-state index is -0.00851. The number of aromatic nitrogens is 1. The molecule has 3 rings (SSSR count). The van der Waals surface area contributed by atoms with Crippen LogP contribution in [0.25, 0.3) is 0 Å². The van der Waals surface area contributed by atoms with Crippen LogP contribution in [-0.2, 0) is 17.8 Å². The summed E-state index contributed by atoms with van der Waals surface area (Å²) in [5.74, 6) is 0.769. The number of nitrogens with one attached hydrogen (secondary N) is 1. The van der Waals surface area contributed by atoms with Gasteiger partial charge in [-0.1, -0.05) is 30.3 Å². The number of aryl methyl sites for hydroxylation is 2. The monoisotopic (exact) mass is 352 g/mol. The molecule has 128 valence electrons. The molecule has 0 fully saturated rings. The molecule has 1 aromatic heterocycles. The highest BCUT2D eigenvalue weighted by molar-refractivity contribution is 7.09. The highest BCUT2D eigenvalue weighted by Gasteiger charge is 2.06. The number of nitrogens with zero attached hydrogens (tertiary/aromatic N) is 1. The fourth-order valence-corrected chi connectivity index (χ4v) is 3.11. The molecule has 1 amide bonds. The largest absolute Gasteiger partial charge is 0.489 e. The van der Waals surface area contributed by atoms with E-state index >= 15 is 0 Å². The molecule has 4 nitrogen and oxygen atoms in total. The molecule has 0 atom stereocenters. The molecule has 0 aliphatic heterocycles. The molecular formula is C20H20N2O2S. The van der Waals surface area contributed by atoms with Crippen molar-refractivity contribution in [3.8, 4) is 5.75 Å². The number of thiazole rings is 1. The molecule has 0 aliphatic rings. The summed E-state index contributed by atoms with van der Waals surface area (Å²) in [6.07, 6.45) is 1.10. The number of ether oxygens (including phenoxy) is 1. The number of carbonyl (C=O) groups is 1. The fraction of sp³-hybridized carbons (Fsp3) is 0.200. The summed E-state index contributed by atoms with van der Waals surface area (Å²) in [5, 5.41) is 5.90. The lowest BCUT2D eigenvalue weighted by molar-refractivity contribution is -0.116. The summed E-state index contributed by atoms with van der Waals surface area (Å²) in [4.78, 5) is 16.4. The summed E-state index contributed by atoms with van der Waals surface area (Å²) >= 11 is 1.60. The van der Waals surface area contributed by atoms with E-state index in [0.717, 1.165) is 27.7 Å². The Labute approximate surface area is 151 Å². The molecule has 0 aliphatic carbocycles. The first-order chi connectivity index (χ1) is 12.2.